The molecule has 0 aliphatic carbocycles. The average Bonchev–Trinajstić information content (AvgIpc) is 2.91. The molecule has 0 saturated heterocycles. The van der Waals surface area contributed by atoms with E-state index in [0.29, 0.717) is 10.0 Å². The van der Waals surface area contributed by atoms with Crippen LogP contribution < -0.4 is 5.32 Å². The van der Waals surface area contributed by atoms with Crippen molar-refractivity contribution in [2.45, 2.75) is 6.42 Å². The molecular weight excluding hydrogens is 345 g/mol. The van der Waals surface area contributed by atoms with Crippen LogP contribution >= 0.6 is 27.5 Å². The summed E-state index contributed by atoms with van der Waals surface area (Å²) in [5.41, 5.74) is 2.59. The summed E-state index contributed by atoms with van der Waals surface area (Å²) in [6.45, 7) is 0.867. The molecule has 1 aliphatic heterocycles. The fraction of sp³-hybridized carbons (Fsp3) is 0.133. The summed E-state index contributed by atoms with van der Waals surface area (Å²) in [5.74, 6) is -1.05. The van der Waals surface area contributed by atoms with Gasteiger partial charge in [-0.2, -0.15) is 0 Å². The molecule has 2 aromatic carbocycles. The van der Waals surface area contributed by atoms with Gasteiger partial charge in [0.2, 0.25) is 0 Å². The highest BCUT2D eigenvalue weighted by Gasteiger charge is 2.19. The molecule has 20 heavy (non-hydrogen) atoms. The number of carbonyl (C=O) groups is 1. The van der Waals surface area contributed by atoms with Gasteiger partial charge in [0, 0.05) is 22.3 Å². The number of hydrogen-bond acceptors (Lipinski definition) is 2. The maximum absolute atomic E-state index is 14.1. The minimum absolute atomic E-state index is 0.0101. The van der Waals surface area contributed by atoms with Gasteiger partial charge in [-0.1, -0.05) is 11.6 Å². The van der Waals surface area contributed by atoms with Crippen LogP contribution in [0.5, 0.6) is 0 Å². The Morgan fingerprint density at radius 2 is 2.10 bits per heavy atom. The standard InChI is InChI=1S/C15H10BrClFNO/c16-11-3-2-10(14(18)13(11)17)15(20)9-1-4-12-8(7-9)5-6-19-12/h1-4,7,19H,5-6H2. The fourth-order valence-electron chi connectivity index (χ4n) is 2.30. The van der Waals surface area contributed by atoms with Crippen LogP contribution in [0, 0.1) is 5.82 Å². The van der Waals surface area contributed by atoms with Crippen LogP contribution in [0.2, 0.25) is 5.02 Å². The Morgan fingerprint density at radius 1 is 1.30 bits per heavy atom. The third-order valence-electron chi connectivity index (χ3n) is 3.36. The zero-order chi connectivity index (χ0) is 14.3. The highest BCUT2D eigenvalue weighted by Crippen LogP contribution is 2.30. The zero-order valence-electron chi connectivity index (χ0n) is 10.3. The number of carbonyl (C=O) groups excluding carboxylic acids is 1. The number of fused-ring (bicyclic) bond motifs is 1. The van der Waals surface area contributed by atoms with Crippen LogP contribution in [0.15, 0.2) is 34.8 Å². The van der Waals surface area contributed by atoms with E-state index in [-0.39, 0.29) is 16.4 Å². The van der Waals surface area contributed by atoms with Gasteiger partial charge in [-0.05, 0) is 58.2 Å². The van der Waals surface area contributed by atoms with Gasteiger partial charge < -0.3 is 5.32 Å². The summed E-state index contributed by atoms with van der Waals surface area (Å²) in [4.78, 5) is 12.4. The van der Waals surface area contributed by atoms with Crippen molar-refractivity contribution in [1.82, 2.24) is 0 Å². The molecule has 0 saturated carbocycles. The van der Waals surface area contributed by atoms with Gasteiger partial charge in [0.1, 0.15) is 0 Å². The molecular formula is C15H10BrClFNO. The molecule has 1 aliphatic rings. The second kappa shape index (κ2) is 5.19. The minimum atomic E-state index is -0.690. The lowest BCUT2D eigenvalue weighted by molar-refractivity contribution is 0.103. The van der Waals surface area contributed by atoms with E-state index < -0.39 is 5.82 Å². The minimum Gasteiger partial charge on any atom is -0.384 e. The third kappa shape index (κ3) is 2.23. The third-order valence-corrected chi connectivity index (χ3v) is 4.62. The molecule has 102 valence electrons. The molecule has 2 aromatic rings. The summed E-state index contributed by atoms with van der Waals surface area (Å²) in [6.07, 6.45) is 0.875. The summed E-state index contributed by atoms with van der Waals surface area (Å²) < 4.78 is 14.5. The van der Waals surface area contributed by atoms with Crippen molar-refractivity contribution >= 4 is 39.0 Å². The largest absolute Gasteiger partial charge is 0.384 e. The molecule has 0 atom stereocenters. The number of nitrogens with one attached hydrogen (secondary N) is 1. The first-order valence-corrected chi connectivity index (χ1v) is 7.30. The lowest BCUT2D eigenvalue weighted by Gasteiger charge is -2.07. The quantitative estimate of drug-likeness (QED) is 0.638. The maximum atomic E-state index is 14.1. The fourth-order valence-corrected chi connectivity index (χ4v) is 2.77. The van der Waals surface area contributed by atoms with Crippen molar-refractivity contribution in [3.63, 3.8) is 0 Å². The first kappa shape index (κ1) is 13.6. The van der Waals surface area contributed by atoms with Crippen LogP contribution in [0.4, 0.5) is 10.1 Å². The second-order valence-corrected chi connectivity index (χ2v) is 5.83. The summed E-state index contributed by atoms with van der Waals surface area (Å²) >= 11 is 8.96. The van der Waals surface area contributed by atoms with Crippen molar-refractivity contribution in [1.29, 1.82) is 0 Å². The highest BCUT2D eigenvalue weighted by molar-refractivity contribution is 9.10. The van der Waals surface area contributed by atoms with Crippen molar-refractivity contribution in [2.24, 2.45) is 0 Å². The van der Waals surface area contributed by atoms with E-state index in [0.717, 1.165) is 24.2 Å². The highest BCUT2D eigenvalue weighted by atomic mass is 79.9. The predicted molar refractivity (Wildman–Crippen MR) is 81.2 cm³/mol. The number of ketones is 1. The number of hydrogen-bond donors (Lipinski definition) is 1. The first-order chi connectivity index (χ1) is 9.58. The molecule has 5 heteroatoms. The summed E-state index contributed by atoms with van der Waals surface area (Å²) in [6, 6.07) is 8.39. The Bertz CT molecular complexity index is 717. The van der Waals surface area contributed by atoms with Crippen LogP contribution in [0.25, 0.3) is 0 Å². The molecule has 1 heterocycles. The van der Waals surface area contributed by atoms with Crippen molar-refractivity contribution in [2.75, 3.05) is 11.9 Å². The molecule has 0 fully saturated rings. The number of rotatable bonds is 2. The number of anilines is 1. The normalized spacial score (nSPS) is 12.9. The molecule has 0 unspecified atom stereocenters. The van der Waals surface area contributed by atoms with Gasteiger partial charge in [0.25, 0.3) is 0 Å². The molecule has 0 radical (unpaired) electrons. The van der Waals surface area contributed by atoms with Gasteiger partial charge in [-0.25, -0.2) is 4.39 Å². The maximum Gasteiger partial charge on any atom is 0.196 e. The average molecular weight is 355 g/mol. The van der Waals surface area contributed by atoms with Crippen LogP contribution in [0.1, 0.15) is 21.5 Å². The first-order valence-electron chi connectivity index (χ1n) is 6.13. The van der Waals surface area contributed by atoms with E-state index in [2.05, 4.69) is 21.2 Å². The molecule has 0 spiro atoms. The molecule has 0 bridgehead atoms. The van der Waals surface area contributed by atoms with Gasteiger partial charge in [0.05, 0.1) is 10.6 Å². The number of halogens is 3. The van der Waals surface area contributed by atoms with Crippen LogP contribution in [-0.2, 0) is 6.42 Å². The van der Waals surface area contributed by atoms with Crippen LogP contribution in [-0.4, -0.2) is 12.3 Å². The Balaban J connectivity index is 2.03. The summed E-state index contributed by atoms with van der Waals surface area (Å²) in [5, 5.41) is 3.15. The van der Waals surface area contributed by atoms with E-state index in [1.807, 2.05) is 12.1 Å². The van der Waals surface area contributed by atoms with E-state index in [4.69, 9.17) is 11.6 Å². The van der Waals surface area contributed by atoms with E-state index >= 15 is 0 Å². The number of benzene rings is 2. The molecule has 3 rings (SSSR count). The van der Waals surface area contributed by atoms with E-state index in [1.165, 1.54) is 6.07 Å². The predicted octanol–water partition coefficient (Wildman–Crippen LogP) is 4.44. The molecule has 0 amide bonds. The lowest BCUT2D eigenvalue weighted by atomic mass is 10.00. The Kier molecular flexibility index (Phi) is 3.52. The second-order valence-electron chi connectivity index (χ2n) is 4.60. The zero-order valence-corrected chi connectivity index (χ0v) is 12.7. The molecule has 1 N–H and O–H groups in total. The van der Waals surface area contributed by atoms with Crippen molar-refractivity contribution < 1.29 is 9.18 Å². The molecule has 0 aromatic heterocycles. The van der Waals surface area contributed by atoms with Gasteiger partial charge in [0.15, 0.2) is 11.6 Å². The SMILES string of the molecule is O=C(c1ccc2c(c1)CCN2)c1ccc(Br)c(Cl)c1F. The monoisotopic (exact) mass is 353 g/mol. The Morgan fingerprint density at radius 3 is 2.90 bits per heavy atom. The topological polar surface area (TPSA) is 29.1 Å². The Labute approximate surface area is 129 Å². The lowest BCUT2D eigenvalue weighted by Crippen LogP contribution is -2.05. The van der Waals surface area contributed by atoms with E-state index in [9.17, 15) is 9.18 Å². The van der Waals surface area contributed by atoms with Gasteiger partial charge in [-0.15, -0.1) is 0 Å². The van der Waals surface area contributed by atoms with Crippen molar-refractivity contribution in [3.05, 3.63) is 62.3 Å². The Hall–Kier alpha value is -1.39. The van der Waals surface area contributed by atoms with E-state index in [1.54, 1.807) is 12.1 Å². The van der Waals surface area contributed by atoms with Gasteiger partial charge >= 0.3 is 0 Å². The van der Waals surface area contributed by atoms with Crippen LogP contribution in [0.3, 0.4) is 0 Å². The van der Waals surface area contributed by atoms with Crippen molar-refractivity contribution in [3.8, 4) is 0 Å². The smallest absolute Gasteiger partial charge is 0.196 e. The molecule has 2 nitrogen and oxygen atoms in total. The van der Waals surface area contributed by atoms with Gasteiger partial charge in [-0.3, -0.25) is 4.79 Å². The summed E-state index contributed by atoms with van der Waals surface area (Å²) in [7, 11) is 0.